The molecule has 2 amide bonds. The molecule has 0 saturated carbocycles. The second kappa shape index (κ2) is 8.45. The lowest BCUT2D eigenvalue weighted by Crippen LogP contribution is -2.32. The minimum atomic E-state index is -0.483. The Morgan fingerprint density at radius 1 is 1.03 bits per heavy atom. The summed E-state index contributed by atoms with van der Waals surface area (Å²) in [6, 6.07) is 3.85. The molecule has 0 spiro atoms. The Morgan fingerprint density at radius 2 is 1.84 bits per heavy atom. The van der Waals surface area contributed by atoms with Gasteiger partial charge < -0.3 is 19.1 Å². The van der Waals surface area contributed by atoms with Gasteiger partial charge in [0.2, 0.25) is 11.8 Å². The largest absolute Gasteiger partial charge is 0.461 e. The minimum absolute atomic E-state index is 0.0196. The van der Waals surface area contributed by atoms with E-state index < -0.39 is 5.63 Å². The third kappa shape index (κ3) is 3.80. The van der Waals surface area contributed by atoms with Crippen molar-refractivity contribution in [2.75, 3.05) is 19.6 Å². The molecule has 1 aliphatic carbocycles. The fraction of sp³-hybridized carbons (Fsp3) is 0.480. The molecule has 0 unspecified atom stereocenters. The minimum Gasteiger partial charge on any atom is -0.461 e. The van der Waals surface area contributed by atoms with Gasteiger partial charge in [-0.2, -0.15) is 0 Å². The summed E-state index contributed by atoms with van der Waals surface area (Å²) >= 11 is 0. The van der Waals surface area contributed by atoms with E-state index in [0.717, 1.165) is 66.3 Å². The van der Waals surface area contributed by atoms with Gasteiger partial charge in [-0.1, -0.05) is 0 Å². The summed E-state index contributed by atoms with van der Waals surface area (Å²) in [5.41, 5.74) is 3.20. The van der Waals surface area contributed by atoms with Crippen molar-refractivity contribution in [2.24, 2.45) is 0 Å². The zero-order valence-electron chi connectivity index (χ0n) is 18.4. The molecule has 0 atom stereocenters. The van der Waals surface area contributed by atoms with Gasteiger partial charge in [0.05, 0.1) is 12.0 Å². The van der Waals surface area contributed by atoms with Crippen molar-refractivity contribution in [3.05, 3.63) is 45.0 Å². The van der Waals surface area contributed by atoms with Crippen LogP contribution in [-0.4, -0.2) is 36.3 Å². The molecule has 5 rings (SSSR count). The molecule has 0 bridgehead atoms. The summed E-state index contributed by atoms with van der Waals surface area (Å²) in [4.78, 5) is 38.6. The van der Waals surface area contributed by atoms with Crippen molar-refractivity contribution in [3.8, 4) is 0 Å². The number of rotatable bonds is 6. The van der Waals surface area contributed by atoms with E-state index in [1.165, 1.54) is 5.56 Å². The van der Waals surface area contributed by atoms with Crippen LogP contribution in [-0.2, 0) is 28.9 Å². The second-order valence-electron chi connectivity index (χ2n) is 8.91. The van der Waals surface area contributed by atoms with Gasteiger partial charge in [0.15, 0.2) is 0 Å². The van der Waals surface area contributed by atoms with Gasteiger partial charge >= 0.3 is 5.63 Å². The molecule has 3 aromatic rings. The lowest BCUT2D eigenvalue weighted by Gasteiger charge is -2.15. The molecule has 1 aromatic carbocycles. The number of likely N-dealkylation sites (tertiary alicyclic amines) is 1. The summed E-state index contributed by atoms with van der Waals surface area (Å²) in [6.45, 7) is 3.81. The van der Waals surface area contributed by atoms with Crippen LogP contribution in [0.2, 0.25) is 0 Å². The SMILES string of the molecule is Cc1c(CC(=O)NCCCN2CCCC2=O)c(=O)oc2cc3oc4c(c3cc12)CCCC4. The van der Waals surface area contributed by atoms with E-state index in [0.29, 0.717) is 37.1 Å². The average Bonchev–Trinajstić information content (AvgIpc) is 3.35. The molecular weight excluding hydrogens is 408 g/mol. The van der Waals surface area contributed by atoms with E-state index in [1.807, 2.05) is 17.9 Å². The summed E-state index contributed by atoms with van der Waals surface area (Å²) in [5.74, 6) is 1.01. The number of hydrogen-bond donors (Lipinski definition) is 1. The van der Waals surface area contributed by atoms with E-state index >= 15 is 0 Å². The lowest BCUT2D eigenvalue weighted by molar-refractivity contribution is -0.127. The number of carbonyl (C=O) groups excluding carboxylic acids is 2. The Labute approximate surface area is 185 Å². The predicted octanol–water partition coefficient (Wildman–Crippen LogP) is 3.40. The van der Waals surface area contributed by atoms with Crippen LogP contribution < -0.4 is 10.9 Å². The Kier molecular flexibility index (Phi) is 5.49. The van der Waals surface area contributed by atoms with Crippen LogP contribution in [0, 0.1) is 6.92 Å². The van der Waals surface area contributed by atoms with Crippen molar-refractivity contribution in [1.82, 2.24) is 10.2 Å². The number of benzene rings is 1. The molecule has 2 aromatic heterocycles. The Bertz CT molecular complexity index is 1270. The number of carbonyl (C=O) groups is 2. The molecular formula is C25H28N2O5. The summed E-state index contributed by atoms with van der Waals surface area (Å²) in [7, 11) is 0. The van der Waals surface area contributed by atoms with Crippen LogP contribution in [0.1, 0.15) is 54.6 Å². The monoisotopic (exact) mass is 436 g/mol. The second-order valence-corrected chi connectivity index (χ2v) is 8.91. The number of fused-ring (bicyclic) bond motifs is 4. The van der Waals surface area contributed by atoms with E-state index in [1.54, 1.807) is 6.07 Å². The Balaban J connectivity index is 1.33. The van der Waals surface area contributed by atoms with Gasteiger partial charge in [-0.3, -0.25) is 9.59 Å². The zero-order chi connectivity index (χ0) is 22.2. The molecule has 168 valence electrons. The van der Waals surface area contributed by atoms with Crippen molar-refractivity contribution in [1.29, 1.82) is 0 Å². The maximum atomic E-state index is 12.6. The molecule has 1 N–H and O–H groups in total. The first-order valence-electron chi connectivity index (χ1n) is 11.6. The summed E-state index contributed by atoms with van der Waals surface area (Å²) < 4.78 is 11.6. The van der Waals surface area contributed by atoms with E-state index in [-0.39, 0.29) is 18.2 Å². The van der Waals surface area contributed by atoms with E-state index in [9.17, 15) is 14.4 Å². The molecule has 32 heavy (non-hydrogen) atoms. The number of hydrogen-bond acceptors (Lipinski definition) is 5. The maximum absolute atomic E-state index is 12.6. The highest BCUT2D eigenvalue weighted by atomic mass is 16.4. The van der Waals surface area contributed by atoms with Gasteiger partial charge in [-0.15, -0.1) is 0 Å². The first-order chi connectivity index (χ1) is 15.5. The first-order valence-corrected chi connectivity index (χ1v) is 11.6. The smallest absolute Gasteiger partial charge is 0.340 e. The van der Waals surface area contributed by atoms with Gasteiger partial charge in [-0.05, 0) is 50.7 Å². The van der Waals surface area contributed by atoms with Crippen molar-refractivity contribution >= 4 is 33.8 Å². The van der Waals surface area contributed by atoms with Crippen molar-refractivity contribution < 1.29 is 18.4 Å². The number of amides is 2. The molecule has 0 radical (unpaired) electrons. The van der Waals surface area contributed by atoms with Gasteiger partial charge in [-0.25, -0.2) is 4.79 Å². The zero-order valence-corrected chi connectivity index (χ0v) is 18.4. The third-order valence-corrected chi connectivity index (χ3v) is 6.80. The van der Waals surface area contributed by atoms with Crippen molar-refractivity contribution in [2.45, 2.75) is 58.3 Å². The lowest BCUT2D eigenvalue weighted by atomic mass is 9.94. The number of nitrogens with zero attached hydrogens (tertiary/aromatic N) is 1. The number of nitrogens with one attached hydrogen (secondary N) is 1. The van der Waals surface area contributed by atoms with Crippen LogP contribution in [0.5, 0.6) is 0 Å². The fourth-order valence-electron chi connectivity index (χ4n) is 5.01. The van der Waals surface area contributed by atoms with E-state index in [2.05, 4.69) is 5.32 Å². The fourth-order valence-corrected chi connectivity index (χ4v) is 5.01. The quantitative estimate of drug-likeness (QED) is 0.472. The highest BCUT2D eigenvalue weighted by molar-refractivity contribution is 5.97. The number of furan rings is 1. The Hall–Kier alpha value is -3.09. The van der Waals surface area contributed by atoms with Crippen LogP contribution in [0.4, 0.5) is 0 Å². The summed E-state index contributed by atoms with van der Waals surface area (Å²) in [5, 5.41) is 4.79. The summed E-state index contributed by atoms with van der Waals surface area (Å²) in [6.07, 6.45) is 6.45. The van der Waals surface area contributed by atoms with E-state index in [4.69, 9.17) is 8.83 Å². The molecule has 1 aliphatic heterocycles. The third-order valence-electron chi connectivity index (χ3n) is 6.80. The maximum Gasteiger partial charge on any atom is 0.340 e. The molecule has 3 heterocycles. The predicted molar refractivity (Wildman–Crippen MR) is 121 cm³/mol. The topological polar surface area (TPSA) is 92.8 Å². The highest BCUT2D eigenvalue weighted by Gasteiger charge is 2.22. The van der Waals surface area contributed by atoms with Crippen LogP contribution in [0.25, 0.3) is 21.9 Å². The van der Waals surface area contributed by atoms with Crippen molar-refractivity contribution in [3.63, 3.8) is 0 Å². The molecule has 7 heteroatoms. The number of aryl methyl sites for hydroxylation is 3. The van der Waals surface area contributed by atoms with Gasteiger partial charge in [0.1, 0.15) is 16.9 Å². The standard InChI is InChI=1S/C25H28N2O5/c1-15-17-12-19-16-6-2-3-7-20(16)31-22(19)14-21(17)32-25(30)18(15)13-23(28)26-9-5-11-27-10-4-8-24(27)29/h12,14H,2-11,13H2,1H3,(H,26,28). The van der Waals surface area contributed by atoms with Gasteiger partial charge in [0.25, 0.3) is 0 Å². The molecule has 7 nitrogen and oxygen atoms in total. The molecule has 1 fully saturated rings. The first kappa shape index (κ1) is 20.8. The Morgan fingerprint density at radius 3 is 2.66 bits per heavy atom. The van der Waals surface area contributed by atoms with Gasteiger partial charge in [0, 0.05) is 54.9 Å². The van der Waals surface area contributed by atoms with Crippen LogP contribution >= 0.6 is 0 Å². The highest BCUT2D eigenvalue weighted by Crippen LogP contribution is 2.35. The average molecular weight is 437 g/mol. The molecule has 2 aliphatic rings. The van der Waals surface area contributed by atoms with Crippen LogP contribution in [0.3, 0.4) is 0 Å². The van der Waals surface area contributed by atoms with Crippen LogP contribution in [0.15, 0.2) is 25.8 Å². The normalized spacial score (nSPS) is 16.2. The molecule has 1 saturated heterocycles.